The van der Waals surface area contributed by atoms with Gasteiger partial charge in [0.1, 0.15) is 5.69 Å². The molecular formula is C21H20N4O2. The summed E-state index contributed by atoms with van der Waals surface area (Å²) in [6.45, 7) is 1.97. The number of amides is 1. The number of aryl methyl sites for hydroxylation is 2. The van der Waals surface area contributed by atoms with Crippen LogP contribution in [0.5, 0.6) is 0 Å². The lowest BCUT2D eigenvalue weighted by Crippen LogP contribution is -2.11. The zero-order valence-electron chi connectivity index (χ0n) is 15.1. The lowest BCUT2D eigenvalue weighted by molar-refractivity contribution is -0.116. The molecule has 27 heavy (non-hydrogen) atoms. The molecule has 0 bridgehead atoms. The van der Waals surface area contributed by atoms with Gasteiger partial charge < -0.3 is 9.84 Å². The Balaban J connectivity index is 1.51. The fourth-order valence-electron chi connectivity index (χ4n) is 2.41. The predicted molar refractivity (Wildman–Crippen MR) is 102 cm³/mol. The van der Waals surface area contributed by atoms with E-state index in [0.29, 0.717) is 36.7 Å². The largest absolute Gasteiger partial charge is 0.339 e. The molecule has 6 nitrogen and oxygen atoms in total. The Morgan fingerprint density at radius 1 is 1.19 bits per heavy atom. The molecule has 1 aromatic carbocycles. The Hall–Kier alpha value is -3.46. The van der Waals surface area contributed by atoms with E-state index in [1.54, 1.807) is 6.20 Å². The maximum Gasteiger partial charge on any atom is 0.226 e. The number of carbonyl (C=O) groups excluding carboxylic acids is 1. The van der Waals surface area contributed by atoms with Gasteiger partial charge in [0, 0.05) is 36.7 Å². The normalized spacial score (nSPS) is 10.1. The summed E-state index contributed by atoms with van der Waals surface area (Å²) in [5.74, 6) is 7.27. The lowest BCUT2D eigenvalue weighted by Gasteiger charge is -2.05. The zero-order chi connectivity index (χ0) is 18.9. The van der Waals surface area contributed by atoms with Crippen LogP contribution in [0.25, 0.3) is 0 Å². The fraction of sp³-hybridized carbons (Fsp3) is 0.238. The SMILES string of the molecule is CCc1noc(CCCC(=O)Nc2cccc(C#Cc3ccccn3)c2)n1. The molecule has 0 spiro atoms. The third-order valence-electron chi connectivity index (χ3n) is 3.77. The number of hydrogen-bond acceptors (Lipinski definition) is 5. The van der Waals surface area contributed by atoms with Crippen molar-refractivity contribution in [1.82, 2.24) is 15.1 Å². The van der Waals surface area contributed by atoms with Crippen LogP contribution in [0.15, 0.2) is 53.2 Å². The minimum atomic E-state index is -0.0555. The number of anilines is 1. The van der Waals surface area contributed by atoms with Crippen LogP contribution in [0.2, 0.25) is 0 Å². The highest BCUT2D eigenvalue weighted by atomic mass is 16.5. The predicted octanol–water partition coefficient (Wildman–Crippen LogP) is 3.39. The van der Waals surface area contributed by atoms with E-state index in [1.165, 1.54) is 0 Å². The smallest absolute Gasteiger partial charge is 0.226 e. The molecule has 0 aliphatic heterocycles. The molecule has 0 atom stereocenters. The first-order valence-electron chi connectivity index (χ1n) is 8.87. The van der Waals surface area contributed by atoms with Crippen molar-refractivity contribution >= 4 is 11.6 Å². The van der Waals surface area contributed by atoms with Gasteiger partial charge in [0.15, 0.2) is 5.82 Å². The molecule has 0 fully saturated rings. The minimum Gasteiger partial charge on any atom is -0.339 e. The van der Waals surface area contributed by atoms with Gasteiger partial charge >= 0.3 is 0 Å². The van der Waals surface area contributed by atoms with Gasteiger partial charge in [-0.2, -0.15) is 4.98 Å². The van der Waals surface area contributed by atoms with Crippen molar-refractivity contribution < 1.29 is 9.32 Å². The van der Waals surface area contributed by atoms with Gasteiger partial charge in [-0.1, -0.05) is 30.1 Å². The van der Waals surface area contributed by atoms with E-state index in [2.05, 4.69) is 32.3 Å². The molecule has 2 heterocycles. The van der Waals surface area contributed by atoms with Gasteiger partial charge in [0.2, 0.25) is 11.8 Å². The highest BCUT2D eigenvalue weighted by Gasteiger charge is 2.07. The topological polar surface area (TPSA) is 80.9 Å². The molecule has 136 valence electrons. The third kappa shape index (κ3) is 5.79. The van der Waals surface area contributed by atoms with Crippen LogP contribution >= 0.6 is 0 Å². The average molecular weight is 360 g/mol. The Kier molecular flexibility index (Phi) is 6.31. The summed E-state index contributed by atoms with van der Waals surface area (Å²) in [4.78, 5) is 20.5. The number of nitrogens with one attached hydrogen (secondary N) is 1. The first kappa shape index (κ1) is 18.3. The summed E-state index contributed by atoms with van der Waals surface area (Å²) in [6.07, 6.45) is 4.07. The molecule has 0 saturated heterocycles. The maximum absolute atomic E-state index is 12.1. The van der Waals surface area contributed by atoms with Gasteiger partial charge in [-0.25, -0.2) is 4.98 Å². The number of aromatic nitrogens is 3. The monoisotopic (exact) mass is 360 g/mol. The van der Waals surface area contributed by atoms with Crippen molar-refractivity contribution in [2.24, 2.45) is 0 Å². The van der Waals surface area contributed by atoms with E-state index in [-0.39, 0.29) is 5.91 Å². The highest BCUT2D eigenvalue weighted by Crippen LogP contribution is 2.11. The number of carbonyl (C=O) groups is 1. The van der Waals surface area contributed by atoms with Crippen LogP contribution in [-0.4, -0.2) is 21.0 Å². The summed E-state index contributed by atoms with van der Waals surface area (Å²) >= 11 is 0. The molecule has 6 heteroatoms. The molecule has 1 N–H and O–H groups in total. The van der Waals surface area contributed by atoms with Crippen molar-refractivity contribution in [2.75, 3.05) is 5.32 Å². The molecular weight excluding hydrogens is 340 g/mol. The molecule has 2 aromatic heterocycles. The summed E-state index contributed by atoms with van der Waals surface area (Å²) in [5, 5.41) is 6.74. The lowest BCUT2D eigenvalue weighted by atomic mass is 10.2. The number of pyridine rings is 1. The second kappa shape index (κ2) is 9.30. The number of hydrogen-bond donors (Lipinski definition) is 1. The van der Waals surface area contributed by atoms with E-state index < -0.39 is 0 Å². The standard InChI is InChI=1S/C21H20N4O2/c1-2-19-24-21(27-25-19)11-6-10-20(26)23-18-9-5-7-16(15-18)12-13-17-8-3-4-14-22-17/h3-5,7-9,14-15H,2,6,10-11H2,1H3,(H,23,26). The van der Waals surface area contributed by atoms with E-state index in [0.717, 1.165) is 17.7 Å². The van der Waals surface area contributed by atoms with Gasteiger partial charge in [-0.3, -0.25) is 4.79 Å². The number of nitrogens with zero attached hydrogens (tertiary/aromatic N) is 3. The molecule has 1 amide bonds. The molecule has 0 aliphatic rings. The van der Waals surface area contributed by atoms with Crippen LogP contribution in [-0.2, 0) is 17.6 Å². The van der Waals surface area contributed by atoms with Gasteiger partial charge in [-0.15, -0.1) is 0 Å². The van der Waals surface area contributed by atoms with Crippen LogP contribution in [0.4, 0.5) is 5.69 Å². The molecule has 0 saturated carbocycles. The Bertz CT molecular complexity index is 955. The quantitative estimate of drug-likeness (QED) is 0.682. The molecule has 0 radical (unpaired) electrons. The minimum absolute atomic E-state index is 0.0555. The van der Waals surface area contributed by atoms with Crippen LogP contribution in [0.3, 0.4) is 0 Å². The summed E-state index contributed by atoms with van der Waals surface area (Å²) in [5.41, 5.74) is 2.24. The molecule has 3 rings (SSSR count). The van der Waals surface area contributed by atoms with Crippen molar-refractivity contribution in [3.8, 4) is 11.8 Å². The number of rotatable bonds is 6. The summed E-state index contributed by atoms with van der Waals surface area (Å²) in [7, 11) is 0. The second-order valence-corrected chi connectivity index (χ2v) is 5.91. The van der Waals surface area contributed by atoms with Crippen molar-refractivity contribution in [2.45, 2.75) is 32.6 Å². The Morgan fingerprint density at radius 2 is 2.11 bits per heavy atom. The summed E-state index contributed by atoms with van der Waals surface area (Å²) in [6, 6.07) is 13.0. The van der Waals surface area contributed by atoms with Gasteiger partial charge in [-0.05, 0) is 42.7 Å². The first-order valence-corrected chi connectivity index (χ1v) is 8.87. The van der Waals surface area contributed by atoms with E-state index in [9.17, 15) is 4.79 Å². The fourth-order valence-corrected chi connectivity index (χ4v) is 2.41. The van der Waals surface area contributed by atoms with Crippen LogP contribution in [0.1, 0.15) is 42.7 Å². The second-order valence-electron chi connectivity index (χ2n) is 5.91. The van der Waals surface area contributed by atoms with Gasteiger partial charge in [0.25, 0.3) is 0 Å². The van der Waals surface area contributed by atoms with Crippen LogP contribution in [0, 0.1) is 11.8 Å². The third-order valence-corrected chi connectivity index (χ3v) is 3.77. The number of benzene rings is 1. The van der Waals surface area contributed by atoms with E-state index in [1.807, 2.05) is 49.4 Å². The summed E-state index contributed by atoms with van der Waals surface area (Å²) < 4.78 is 5.12. The van der Waals surface area contributed by atoms with Crippen molar-refractivity contribution in [1.29, 1.82) is 0 Å². The average Bonchev–Trinajstić information content (AvgIpc) is 3.15. The van der Waals surface area contributed by atoms with Crippen molar-refractivity contribution in [3.05, 3.63) is 71.6 Å². The molecule has 0 unspecified atom stereocenters. The Morgan fingerprint density at radius 3 is 2.89 bits per heavy atom. The first-order chi connectivity index (χ1) is 13.2. The van der Waals surface area contributed by atoms with E-state index in [4.69, 9.17) is 4.52 Å². The van der Waals surface area contributed by atoms with Gasteiger partial charge in [0.05, 0.1) is 0 Å². The van der Waals surface area contributed by atoms with Crippen LogP contribution < -0.4 is 5.32 Å². The van der Waals surface area contributed by atoms with Crippen molar-refractivity contribution in [3.63, 3.8) is 0 Å². The highest BCUT2D eigenvalue weighted by molar-refractivity contribution is 5.90. The van der Waals surface area contributed by atoms with E-state index >= 15 is 0 Å². The zero-order valence-corrected chi connectivity index (χ0v) is 15.1. The Labute approximate surface area is 158 Å². The molecule has 3 aromatic rings. The molecule has 0 aliphatic carbocycles. The maximum atomic E-state index is 12.1.